The second-order valence-corrected chi connectivity index (χ2v) is 8.79. The monoisotopic (exact) mass is 503 g/mol. The van der Waals surface area contributed by atoms with Crippen LogP contribution in [0, 0.1) is 11.3 Å². The van der Waals surface area contributed by atoms with Gasteiger partial charge in [-0.1, -0.05) is 18.2 Å². The van der Waals surface area contributed by atoms with Crippen molar-refractivity contribution < 1.29 is 23.1 Å². The van der Waals surface area contributed by atoms with E-state index in [9.17, 15) is 28.3 Å². The quantitative estimate of drug-likeness (QED) is 0.368. The summed E-state index contributed by atoms with van der Waals surface area (Å²) in [4.78, 5) is 17.3. The lowest BCUT2D eigenvalue weighted by Gasteiger charge is -2.16. The molecule has 1 atom stereocenters. The molecule has 2 aromatic carbocycles. The van der Waals surface area contributed by atoms with Gasteiger partial charge in [0.05, 0.1) is 17.3 Å². The number of halogens is 3. The van der Waals surface area contributed by atoms with Crippen LogP contribution in [-0.2, 0) is 6.18 Å². The van der Waals surface area contributed by atoms with Gasteiger partial charge in [-0.25, -0.2) is 4.68 Å². The summed E-state index contributed by atoms with van der Waals surface area (Å²) < 4.78 is 41.3. The van der Waals surface area contributed by atoms with E-state index in [1.54, 1.807) is 36.7 Å². The summed E-state index contributed by atoms with van der Waals surface area (Å²) in [6, 6.07) is 17.0. The molecule has 2 aromatic heterocycles. The van der Waals surface area contributed by atoms with E-state index in [2.05, 4.69) is 15.4 Å². The number of carbonyl (C=O) groups is 1. The second kappa shape index (κ2) is 9.52. The average Bonchev–Trinajstić information content (AvgIpc) is 3.65. The Morgan fingerprint density at radius 3 is 2.59 bits per heavy atom. The highest BCUT2D eigenvalue weighted by Gasteiger charge is 2.36. The van der Waals surface area contributed by atoms with E-state index in [0.717, 1.165) is 23.1 Å². The number of amides is 1. The molecule has 186 valence electrons. The standard InChI is InChI=1S/C27H20F3N5O2/c28-27(29,30)24-13-23(35(34-24)22-5-1-3-16(9-22)14-31)26(37)33-21-11-19(17-6-7-17)10-20(12-21)25(36)18-4-2-8-32-15-18/h1-5,8-13,15,17,25,36H,6-7H2,(H,33,37). The van der Waals surface area contributed by atoms with E-state index in [0.29, 0.717) is 22.9 Å². The average molecular weight is 503 g/mol. The van der Waals surface area contributed by atoms with Crippen molar-refractivity contribution in [3.63, 3.8) is 0 Å². The molecule has 0 spiro atoms. The van der Waals surface area contributed by atoms with Crippen LogP contribution >= 0.6 is 0 Å². The van der Waals surface area contributed by atoms with Gasteiger partial charge in [0.15, 0.2) is 5.69 Å². The zero-order chi connectivity index (χ0) is 26.2. The number of nitriles is 1. The van der Waals surface area contributed by atoms with Gasteiger partial charge in [0.25, 0.3) is 5.91 Å². The summed E-state index contributed by atoms with van der Waals surface area (Å²) in [5.74, 6) is -0.534. The van der Waals surface area contributed by atoms with E-state index < -0.39 is 23.9 Å². The summed E-state index contributed by atoms with van der Waals surface area (Å²) in [5, 5.41) is 26.4. The number of pyridine rings is 1. The van der Waals surface area contributed by atoms with Crippen molar-refractivity contribution in [2.45, 2.75) is 31.0 Å². The lowest BCUT2D eigenvalue weighted by atomic mass is 9.98. The van der Waals surface area contributed by atoms with Gasteiger partial charge in [-0.2, -0.15) is 23.5 Å². The fourth-order valence-electron chi connectivity index (χ4n) is 4.07. The largest absolute Gasteiger partial charge is 0.435 e. The normalized spacial score (nSPS) is 14.1. The molecule has 4 aromatic rings. The van der Waals surface area contributed by atoms with Crippen molar-refractivity contribution in [1.29, 1.82) is 5.26 Å². The van der Waals surface area contributed by atoms with E-state index in [1.807, 2.05) is 12.1 Å². The maximum atomic E-state index is 13.5. The Kier molecular flexibility index (Phi) is 6.23. The smallest absolute Gasteiger partial charge is 0.384 e. The van der Waals surface area contributed by atoms with Gasteiger partial charge in [0.2, 0.25) is 0 Å². The minimum atomic E-state index is -4.78. The first-order valence-electron chi connectivity index (χ1n) is 11.4. The first kappa shape index (κ1) is 24.2. The van der Waals surface area contributed by atoms with Gasteiger partial charge < -0.3 is 10.4 Å². The van der Waals surface area contributed by atoms with Crippen molar-refractivity contribution in [3.8, 4) is 11.8 Å². The number of carbonyl (C=O) groups excluding carboxylic acids is 1. The third-order valence-electron chi connectivity index (χ3n) is 6.05. The summed E-state index contributed by atoms with van der Waals surface area (Å²) in [6.07, 6.45) is -0.709. The lowest BCUT2D eigenvalue weighted by molar-refractivity contribution is -0.141. The van der Waals surface area contributed by atoms with Crippen LogP contribution in [0.5, 0.6) is 0 Å². The van der Waals surface area contributed by atoms with E-state index in [4.69, 9.17) is 0 Å². The zero-order valence-corrected chi connectivity index (χ0v) is 19.3. The summed E-state index contributed by atoms with van der Waals surface area (Å²) in [5.41, 5.74) is 1.10. The number of aliphatic hydroxyl groups excluding tert-OH is 1. The molecule has 0 saturated heterocycles. The maximum absolute atomic E-state index is 13.5. The number of benzene rings is 2. The Morgan fingerprint density at radius 2 is 1.92 bits per heavy atom. The van der Waals surface area contributed by atoms with Crippen LogP contribution in [-0.4, -0.2) is 25.8 Å². The molecule has 1 aliphatic carbocycles. The minimum absolute atomic E-state index is 0.138. The van der Waals surface area contributed by atoms with Crippen LogP contribution < -0.4 is 5.32 Å². The fraction of sp³-hybridized carbons (Fsp3) is 0.185. The number of rotatable bonds is 6. The third kappa shape index (κ3) is 5.22. The molecule has 10 heteroatoms. The van der Waals surface area contributed by atoms with Gasteiger partial charge in [-0.3, -0.25) is 9.78 Å². The van der Waals surface area contributed by atoms with Crippen LogP contribution in [0.25, 0.3) is 5.69 Å². The van der Waals surface area contributed by atoms with Crippen LogP contribution in [0.2, 0.25) is 0 Å². The number of alkyl halides is 3. The number of nitrogens with zero attached hydrogens (tertiary/aromatic N) is 4. The lowest BCUT2D eigenvalue weighted by Crippen LogP contribution is -2.17. The highest BCUT2D eigenvalue weighted by atomic mass is 19.4. The number of anilines is 1. The van der Waals surface area contributed by atoms with Crippen molar-refractivity contribution in [2.75, 3.05) is 5.32 Å². The van der Waals surface area contributed by atoms with Crippen LogP contribution in [0.4, 0.5) is 18.9 Å². The third-order valence-corrected chi connectivity index (χ3v) is 6.05. The van der Waals surface area contributed by atoms with E-state index in [-0.39, 0.29) is 22.9 Å². The molecule has 7 nitrogen and oxygen atoms in total. The highest BCUT2D eigenvalue weighted by Crippen LogP contribution is 2.42. The Balaban J connectivity index is 1.52. The molecule has 5 rings (SSSR count). The van der Waals surface area contributed by atoms with Gasteiger partial charge in [0, 0.05) is 29.7 Å². The Bertz CT molecular complexity index is 1500. The fourth-order valence-corrected chi connectivity index (χ4v) is 4.07. The topological polar surface area (TPSA) is 104 Å². The molecular formula is C27H20F3N5O2. The van der Waals surface area contributed by atoms with Crippen LogP contribution in [0.3, 0.4) is 0 Å². The molecule has 0 bridgehead atoms. The van der Waals surface area contributed by atoms with Gasteiger partial charge >= 0.3 is 6.18 Å². The summed E-state index contributed by atoms with van der Waals surface area (Å²) in [7, 11) is 0. The Morgan fingerprint density at radius 1 is 1.11 bits per heavy atom. The molecule has 1 fully saturated rings. The molecule has 1 saturated carbocycles. The first-order chi connectivity index (χ1) is 17.7. The van der Waals surface area contributed by atoms with Gasteiger partial charge in [-0.15, -0.1) is 0 Å². The molecular weight excluding hydrogens is 483 g/mol. The SMILES string of the molecule is N#Cc1cccc(-n2nc(C(F)(F)F)cc2C(=O)Nc2cc(C3CC3)cc(C(O)c3cccnc3)c2)c1. The molecule has 1 aliphatic rings. The number of aromatic nitrogens is 3. The molecule has 2 heterocycles. The molecule has 2 N–H and O–H groups in total. The van der Waals surface area contributed by atoms with E-state index >= 15 is 0 Å². The zero-order valence-electron chi connectivity index (χ0n) is 19.3. The Hall–Kier alpha value is -4.49. The van der Waals surface area contributed by atoms with Crippen LogP contribution in [0.1, 0.15) is 63.3 Å². The van der Waals surface area contributed by atoms with Crippen molar-refractivity contribution in [1.82, 2.24) is 14.8 Å². The van der Waals surface area contributed by atoms with Crippen LogP contribution in [0.15, 0.2) is 73.1 Å². The number of aliphatic hydroxyl groups is 1. The molecule has 1 amide bonds. The maximum Gasteiger partial charge on any atom is 0.435 e. The molecule has 0 aliphatic heterocycles. The minimum Gasteiger partial charge on any atom is -0.384 e. The summed E-state index contributed by atoms with van der Waals surface area (Å²) in [6.45, 7) is 0. The van der Waals surface area contributed by atoms with Crippen molar-refractivity contribution in [2.24, 2.45) is 0 Å². The first-order valence-corrected chi connectivity index (χ1v) is 11.4. The molecule has 1 unspecified atom stereocenters. The predicted octanol–water partition coefficient (Wildman–Crippen LogP) is 5.37. The Labute approximate surface area is 209 Å². The highest BCUT2D eigenvalue weighted by molar-refractivity contribution is 6.03. The van der Waals surface area contributed by atoms with Gasteiger partial charge in [0.1, 0.15) is 11.8 Å². The molecule has 37 heavy (non-hydrogen) atoms. The second-order valence-electron chi connectivity index (χ2n) is 8.79. The van der Waals surface area contributed by atoms with Gasteiger partial charge in [-0.05, 0) is 66.3 Å². The van der Waals surface area contributed by atoms with Crippen molar-refractivity contribution >= 4 is 11.6 Å². The molecule has 0 radical (unpaired) electrons. The number of hydrogen-bond donors (Lipinski definition) is 2. The number of hydrogen-bond acceptors (Lipinski definition) is 5. The van der Waals surface area contributed by atoms with E-state index in [1.165, 1.54) is 24.3 Å². The van der Waals surface area contributed by atoms with Crippen molar-refractivity contribution in [3.05, 3.63) is 107 Å². The predicted molar refractivity (Wildman–Crippen MR) is 128 cm³/mol. The summed E-state index contributed by atoms with van der Waals surface area (Å²) >= 11 is 0. The number of nitrogens with one attached hydrogen (secondary N) is 1.